The number of nitrogens with two attached hydrogens (primary N) is 1. The molecule has 0 bridgehead atoms. The summed E-state index contributed by atoms with van der Waals surface area (Å²) in [7, 11) is 0. The fourth-order valence-corrected chi connectivity index (χ4v) is 1.30. The highest BCUT2D eigenvalue weighted by molar-refractivity contribution is 5.59. The lowest BCUT2D eigenvalue weighted by molar-refractivity contribution is 0.511. The van der Waals surface area contributed by atoms with Gasteiger partial charge in [0, 0.05) is 6.07 Å². The van der Waals surface area contributed by atoms with E-state index in [1.807, 2.05) is 0 Å². The Labute approximate surface area is 99.3 Å². The minimum absolute atomic E-state index is 0.326. The number of benzene rings is 1. The fraction of sp³-hybridized carbons (Fsp3) is 0. The molecule has 2 aromatic rings. The number of rotatable bonds is 2. The molecule has 7 heteroatoms. The maximum Gasteiger partial charge on any atom is 0.182 e. The molecule has 18 heavy (non-hydrogen) atoms. The zero-order chi connectivity index (χ0) is 13.3. The van der Waals surface area contributed by atoms with Crippen LogP contribution in [0.2, 0.25) is 0 Å². The first-order chi connectivity index (χ1) is 8.49. The van der Waals surface area contributed by atoms with Gasteiger partial charge in [-0.05, 0) is 12.1 Å². The first-order valence-corrected chi connectivity index (χ1v) is 4.81. The third kappa shape index (κ3) is 2.20. The molecule has 0 radical (unpaired) electrons. The highest BCUT2D eigenvalue weighted by Gasteiger charge is 2.13. The van der Waals surface area contributed by atoms with Gasteiger partial charge >= 0.3 is 0 Å². The van der Waals surface area contributed by atoms with Crippen LogP contribution >= 0.6 is 0 Å². The number of aromatic nitrogens is 1. The first-order valence-electron chi connectivity index (χ1n) is 4.81. The van der Waals surface area contributed by atoms with Gasteiger partial charge < -0.3 is 11.1 Å². The molecule has 0 aliphatic rings. The van der Waals surface area contributed by atoms with Gasteiger partial charge in [0.05, 0.1) is 5.69 Å². The second kappa shape index (κ2) is 4.52. The molecule has 0 aliphatic heterocycles. The van der Waals surface area contributed by atoms with Gasteiger partial charge in [0.2, 0.25) is 0 Å². The number of hydrogen-bond acceptors (Lipinski definition) is 3. The van der Waals surface area contributed by atoms with Crippen LogP contribution in [-0.2, 0) is 0 Å². The van der Waals surface area contributed by atoms with Crippen LogP contribution in [0.25, 0.3) is 0 Å². The summed E-state index contributed by atoms with van der Waals surface area (Å²) in [4.78, 5) is 3.37. The second-order valence-electron chi connectivity index (χ2n) is 3.41. The molecule has 3 N–H and O–H groups in total. The van der Waals surface area contributed by atoms with Crippen LogP contribution in [0.1, 0.15) is 0 Å². The van der Waals surface area contributed by atoms with Gasteiger partial charge in [-0.25, -0.2) is 22.5 Å². The Morgan fingerprint density at radius 1 is 1.00 bits per heavy atom. The minimum Gasteiger partial charge on any atom is -0.381 e. The van der Waals surface area contributed by atoms with Crippen LogP contribution in [0.5, 0.6) is 0 Å². The molecule has 0 spiro atoms. The van der Waals surface area contributed by atoms with Crippen molar-refractivity contribution in [3.8, 4) is 0 Å². The van der Waals surface area contributed by atoms with Crippen molar-refractivity contribution in [3.63, 3.8) is 0 Å². The van der Waals surface area contributed by atoms with E-state index in [0.717, 1.165) is 6.07 Å². The minimum atomic E-state index is -1.19. The highest BCUT2D eigenvalue weighted by atomic mass is 19.2. The monoisotopic (exact) mass is 257 g/mol. The Morgan fingerprint density at radius 2 is 1.72 bits per heavy atom. The van der Waals surface area contributed by atoms with Crippen molar-refractivity contribution < 1.29 is 17.6 Å². The molecular weight excluding hydrogens is 250 g/mol. The van der Waals surface area contributed by atoms with Crippen molar-refractivity contribution in [2.45, 2.75) is 0 Å². The summed E-state index contributed by atoms with van der Waals surface area (Å²) in [5.74, 6) is -5.42. The van der Waals surface area contributed by atoms with E-state index in [4.69, 9.17) is 5.73 Å². The van der Waals surface area contributed by atoms with Crippen LogP contribution in [0.4, 0.5) is 34.9 Å². The molecular formula is C11H7F4N3. The topological polar surface area (TPSA) is 50.9 Å². The number of nitrogens with zero attached hydrogens (tertiary/aromatic N) is 1. The third-order valence-corrected chi connectivity index (χ3v) is 2.16. The predicted molar refractivity (Wildman–Crippen MR) is 58.2 cm³/mol. The van der Waals surface area contributed by atoms with Gasteiger partial charge in [-0.15, -0.1) is 0 Å². The number of nitrogen functional groups attached to an aromatic ring is 1. The largest absolute Gasteiger partial charge is 0.381 e. The normalized spacial score (nSPS) is 10.4. The van der Waals surface area contributed by atoms with Gasteiger partial charge in [-0.2, -0.15) is 0 Å². The maximum atomic E-state index is 13.3. The number of nitrogens with one attached hydrogen (secondary N) is 1. The Kier molecular flexibility index (Phi) is 3.05. The lowest BCUT2D eigenvalue weighted by atomic mass is 10.3. The molecule has 1 aromatic heterocycles. The zero-order valence-electron chi connectivity index (χ0n) is 8.85. The number of pyridine rings is 1. The van der Waals surface area contributed by atoms with Gasteiger partial charge in [-0.1, -0.05) is 6.07 Å². The molecule has 0 amide bonds. The summed E-state index contributed by atoms with van der Waals surface area (Å²) >= 11 is 0. The smallest absolute Gasteiger partial charge is 0.182 e. The summed E-state index contributed by atoms with van der Waals surface area (Å²) in [5, 5.41) is 2.20. The number of halogens is 4. The summed E-state index contributed by atoms with van der Waals surface area (Å²) in [5.41, 5.74) is 4.82. The molecule has 94 valence electrons. The zero-order valence-corrected chi connectivity index (χ0v) is 8.85. The van der Waals surface area contributed by atoms with Crippen LogP contribution in [0.3, 0.4) is 0 Å². The average molecular weight is 257 g/mol. The number of hydrogen-bond donors (Lipinski definition) is 2. The molecule has 0 unspecified atom stereocenters. The fourth-order valence-electron chi connectivity index (χ4n) is 1.30. The summed E-state index contributed by atoms with van der Waals surface area (Å²) < 4.78 is 52.4. The van der Waals surface area contributed by atoms with E-state index >= 15 is 0 Å². The third-order valence-electron chi connectivity index (χ3n) is 2.16. The first kappa shape index (κ1) is 12.2. The van der Waals surface area contributed by atoms with E-state index < -0.39 is 34.9 Å². The molecule has 0 aliphatic carbocycles. The average Bonchev–Trinajstić information content (AvgIpc) is 2.32. The molecule has 0 atom stereocenters. The van der Waals surface area contributed by atoms with Crippen molar-refractivity contribution in [1.82, 2.24) is 4.98 Å². The molecule has 0 saturated heterocycles. The molecule has 2 rings (SSSR count). The van der Waals surface area contributed by atoms with Crippen LogP contribution in [0, 0.1) is 23.3 Å². The van der Waals surface area contributed by atoms with Gasteiger partial charge in [-0.3, -0.25) is 0 Å². The predicted octanol–water partition coefficient (Wildman–Crippen LogP) is 2.96. The quantitative estimate of drug-likeness (QED) is 0.813. The van der Waals surface area contributed by atoms with Crippen molar-refractivity contribution in [2.75, 3.05) is 11.1 Å². The summed E-state index contributed by atoms with van der Waals surface area (Å²) in [6, 6.07) is 3.82. The van der Waals surface area contributed by atoms with Crippen molar-refractivity contribution >= 4 is 17.3 Å². The standard InChI is InChI=1S/C11H7F4N3/c12-5-2-1-3-8(9(5)15)17-11-7(14)4-6(13)10(16)18-11/h1-4H,(H3,16,17,18). The van der Waals surface area contributed by atoms with E-state index in [9.17, 15) is 17.6 Å². The molecule has 0 saturated carbocycles. The molecule has 1 heterocycles. The van der Waals surface area contributed by atoms with Gasteiger partial charge in [0.25, 0.3) is 0 Å². The highest BCUT2D eigenvalue weighted by Crippen LogP contribution is 2.24. The van der Waals surface area contributed by atoms with Crippen LogP contribution < -0.4 is 11.1 Å². The van der Waals surface area contributed by atoms with E-state index in [2.05, 4.69) is 10.3 Å². The lowest BCUT2D eigenvalue weighted by Crippen LogP contribution is -2.04. The van der Waals surface area contributed by atoms with Gasteiger partial charge in [0.15, 0.2) is 34.9 Å². The molecule has 1 aromatic carbocycles. The van der Waals surface area contributed by atoms with E-state index in [0.29, 0.717) is 6.07 Å². The van der Waals surface area contributed by atoms with E-state index in [1.165, 1.54) is 12.1 Å². The van der Waals surface area contributed by atoms with Crippen molar-refractivity contribution in [2.24, 2.45) is 0 Å². The lowest BCUT2D eigenvalue weighted by Gasteiger charge is -2.09. The Hall–Kier alpha value is -2.31. The summed E-state index contributed by atoms with van der Waals surface area (Å²) in [6.07, 6.45) is 0. The summed E-state index contributed by atoms with van der Waals surface area (Å²) in [6.45, 7) is 0. The molecule has 3 nitrogen and oxygen atoms in total. The van der Waals surface area contributed by atoms with E-state index in [1.54, 1.807) is 0 Å². The maximum absolute atomic E-state index is 13.3. The van der Waals surface area contributed by atoms with Gasteiger partial charge in [0.1, 0.15) is 0 Å². The second-order valence-corrected chi connectivity index (χ2v) is 3.41. The Bertz CT molecular complexity index is 601. The Balaban J connectivity index is 2.40. The number of anilines is 3. The van der Waals surface area contributed by atoms with Crippen LogP contribution in [-0.4, -0.2) is 4.98 Å². The Morgan fingerprint density at radius 3 is 2.44 bits per heavy atom. The molecule has 0 fully saturated rings. The van der Waals surface area contributed by atoms with E-state index in [-0.39, 0.29) is 5.69 Å². The van der Waals surface area contributed by atoms with Crippen molar-refractivity contribution in [3.05, 3.63) is 47.5 Å². The van der Waals surface area contributed by atoms with Crippen molar-refractivity contribution in [1.29, 1.82) is 0 Å². The SMILES string of the molecule is Nc1nc(Nc2cccc(F)c2F)c(F)cc1F. The van der Waals surface area contributed by atoms with Crippen LogP contribution in [0.15, 0.2) is 24.3 Å².